The van der Waals surface area contributed by atoms with Crippen LogP contribution >= 0.6 is 0 Å². The molecule has 0 amide bonds. The molecule has 0 aromatic heterocycles. The van der Waals surface area contributed by atoms with Crippen LogP contribution in [0.15, 0.2) is 0 Å². The average molecular weight is 358 g/mol. The van der Waals surface area contributed by atoms with E-state index in [4.69, 9.17) is 0 Å². The smallest absolute Gasteiger partial charge is 0.378 e. The van der Waals surface area contributed by atoms with Crippen molar-refractivity contribution >= 4 is 8.68 Å². The molecule has 0 aliphatic heterocycles. The van der Waals surface area contributed by atoms with Crippen molar-refractivity contribution in [1.82, 2.24) is 0 Å². The summed E-state index contributed by atoms with van der Waals surface area (Å²) in [5.74, 6) is -23.3. The predicted molar refractivity (Wildman–Crippen MR) is 65.7 cm³/mol. The molecule has 0 spiro atoms. The largest absolute Gasteiger partial charge is 0.389 e. The van der Waals surface area contributed by atoms with Crippen LogP contribution in [-0.4, -0.2) is 32.4 Å². The Morgan fingerprint density at radius 1 is 0.773 bits per heavy atom. The van der Waals surface area contributed by atoms with Gasteiger partial charge in [-0.05, 0) is 13.0 Å². The second-order valence-electron chi connectivity index (χ2n) is 5.25. The van der Waals surface area contributed by atoms with E-state index in [-0.39, 0.29) is 6.42 Å². The zero-order chi connectivity index (χ0) is 17.8. The van der Waals surface area contributed by atoms with E-state index in [1.165, 1.54) is 0 Å². The van der Waals surface area contributed by atoms with Gasteiger partial charge < -0.3 is 4.46 Å². The van der Waals surface area contributed by atoms with Gasteiger partial charge in [-0.3, -0.25) is 0 Å². The van der Waals surface area contributed by atoms with Crippen LogP contribution in [0.25, 0.3) is 0 Å². The van der Waals surface area contributed by atoms with Crippen molar-refractivity contribution < 1.29 is 39.6 Å². The third-order valence-electron chi connectivity index (χ3n) is 3.13. The van der Waals surface area contributed by atoms with E-state index in [1.807, 2.05) is 0 Å². The molecule has 0 aliphatic carbocycles. The second kappa shape index (κ2) is 7.35. The van der Waals surface area contributed by atoms with Gasteiger partial charge in [0.15, 0.2) is 0 Å². The summed E-state index contributed by atoms with van der Waals surface area (Å²) >= 11 is 0. The first kappa shape index (κ1) is 21.5. The van der Waals surface area contributed by atoms with E-state index in [0.717, 1.165) is 0 Å². The first-order valence-electron chi connectivity index (χ1n) is 6.73. The summed E-state index contributed by atoms with van der Waals surface area (Å²) in [4.78, 5) is 0. The van der Waals surface area contributed by atoms with Crippen LogP contribution in [0.2, 0.25) is 12.6 Å². The summed E-state index contributed by atoms with van der Waals surface area (Å²) in [7, 11) is -3.26. The molecule has 0 aromatic carbocycles. The summed E-state index contributed by atoms with van der Waals surface area (Å²) in [6.07, 6.45) is -0.963. The minimum Gasteiger partial charge on any atom is -0.389 e. The first-order valence-corrected chi connectivity index (χ1v) is 8.85. The molecular formula is C12H18F8OSi. The highest BCUT2D eigenvalue weighted by Crippen LogP contribution is 2.55. The summed E-state index contributed by atoms with van der Waals surface area (Å²) in [6.45, 7) is 2.38. The van der Waals surface area contributed by atoms with Crippen molar-refractivity contribution in [1.29, 1.82) is 0 Å². The molecule has 0 rings (SSSR count). The maximum Gasteiger partial charge on any atom is 0.378 e. The molecule has 0 bridgehead atoms. The van der Waals surface area contributed by atoms with Gasteiger partial charge in [0.05, 0.1) is 6.04 Å². The van der Waals surface area contributed by atoms with Crippen LogP contribution in [0.4, 0.5) is 35.1 Å². The topological polar surface area (TPSA) is 17.1 Å². The zero-order valence-electron chi connectivity index (χ0n) is 12.2. The van der Waals surface area contributed by atoms with Crippen molar-refractivity contribution in [2.45, 2.75) is 75.3 Å². The fourth-order valence-corrected chi connectivity index (χ4v) is 2.66. The Kier molecular flexibility index (Phi) is 7.17. The lowest BCUT2D eigenvalue weighted by molar-refractivity contribution is -0.363. The molecule has 0 unspecified atom stereocenters. The van der Waals surface area contributed by atoms with Crippen molar-refractivity contribution in [3.05, 3.63) is 0 Å². The third-order valence-corrected chi connectivity index (χ3v) is 4.07. The van der Waals surface area contributed by atoms with Crippen LogP contribution in [0.3, 0.4) is 0 Å². The Morgan fingerprint density at radius 3 is 1.64 bits per heavy atom. The maximum atomic E-state index is 13.4. The number of rotatable bonds is 10. The second-order valence-corrected chi connectivity index (χ2v) is 7.00. The Bertz CT molecular complexity index is 383. The maximum absolute atomic E-state index is 13.4. The Morgan fingerprint density at radius 2 is 1.23 bits per heavy atom. The van der Waals surface area contributed by atoms with Crippen LogP contribution in [-0.2, 0) is 4.46 Å². The minimum atomic E-state index is -6.29. The Labute approximate surface area is 124 Å². The van der Waals surface area contributed by atoms with Crippen molar-refractivity contribution in [2.24, 2.45) is 0 Å². The van der Waals surface area contributed by atoms with Gasteiger partial charge >= 0.3 is 23.7 Å². The lowest BCUT2D eigenvalue weighted by atomic mass is 9.95. The van der Waals surface area contributed by atoms with Gasteiger partial charge in [0.25, 0.3) is 8.68 Å². The molecule has 132 valence electrons. The molecular weight excluding hydrogens is 340 g/mol. The Balaban J connectivity index is 5.26. The van der Waals surface area contributed by atoms with Gasteiger partial charge in [-0.1, -0.05) is 26.2 Å². The molecule has 0 saturated carbocycles. The van der Waals surface area contributed by atoms with E-state index in [2.05, 4.69) is 0 Å². The zero-order valence-corrected chi connectivity index (χ0v) is 13.2. The molecule has 0 aromatic rings. The average Bonchev–Trinajstić information content (AvgIpc) is 2.32. The highest BCUT2D eigenvalue weighted by molar-refractivity contribution is 6.41. The summed E-state index contributed by atoms with van der Waals surface area (Å²) in [5, 5.41) is 0. The van der Waals surface area contributed by atoms with Crippen molar-refractivity contribution in [2.75, 3.05) is 0 Å². The fourth-order valence-electron chi connectivity index (χ4n) is 1.81. The molecule has 0 radical (unpaired) electrons. The molecule has 10 heteroatoms. The van der Waals surface area contributed by atoms with E-state index >= 15 is 0 Å². The van der Waals surface area contributed by atoms with Crippen LogP contribution in [0.5, 0.6) is 0 Å². The molecule has 0 atom stereocenters. The minimum absolute atomic E-state index is 0.104. The lowest BCUT2D eigenvalue weighted by Crippen LogP contribution is -2.62. The van der Waals surface area contributed by atoms with Gasteiger partial charge in [0.1, 0.15) is 0 Å². The van der Waals surface area contributed by atoms with Crippen molar-refractivity contribution in [3.63, 3.8) is 0 Å². The highest BCUT2D eigenvalue weighted by Gasteiger charge is 2.79. The normalized spacial score (nSPS) is 14.3. The van der Waals surface area contributed by atoms with E-state index < -0.39 is 51.3 Å². The van der Waals surface area contributed by atoms with Crippen LogP contribution < -0.4 is 0 Å². The third kappa shape index (κ3) is 4.48. The molecule has 1 nitrogen and oxygen atoms in total. The predicted octanol–water partition coefficient (Wildman–Crippen LogP) is 5.55. The quantitative estimate of drug-likeness (QED) is 0.284. The molecule has 0 fully saturated rings. The fraction of sp³-hybridized carbons (Fsp3) is 1.00. The number of halogens is 8. The van der Waals surface area contributed by atoms with Gasteiger partial charge in [-0.25, -0.2) is 0 Å². The van der Waals surface area contributed by atoms with Gasteiger partial charge in [0.2, 0.25) is 0 Å². The lowest BCUT2D eigenvalue weighted by Gasteiger charge is -2.36. The van der Waals surface area contributed by atoms with E-state index in [9.17, 15) is 39.6 Å². The van der Waals surface area contributed by atoms with Crippen molar-refractivity contribution in [3.8, 4) is 0 Å². The molecule has 0 N–H and O–H groups in total. The Hall–Kier alpha value is -0.543. The van der Waals surface area contributed by atoms with E-state index in [0.29, 0.717) is 19.4 Å². The molecule has 0 saturated heterocycles. The van der Waals surface area contributed by atoms with E-state index in [1.54, 1.807) is 6.92 Å². The first-order chi connectivity index (χ1) is 9.73. The molecule has 22 heavy (non-hydrogen) atoms. The number of unbranched alkanes of at least 4 members (excludes halogenated alkanes) is 3. The highest BCUT2D eigenvalue weighted by atomic mass is 28.3. The monoisotopic (exact) mass is 358 g/mol. The summed E-state index contributed by atoms with van der Waals surface area (Å²) in [5.41, 5.74) is 0. The van der Waals surface area contributed by atoms with Crippen LogP contribution in [0, 0.1) is 0 Å². The molecule has 0 aliphatic rings. The SMILES string of the molecule is CCCCCCC(F)(F)C(F)(F)C(F)(F)C(F)(F)C[Si](C)=O. The standard InChI is InChI=1S/C12H18F8OSi/c1-3-4-5-6-7-9(13,14)11(17,18)12(19,20)10(15,16)8-22(2)21/h3-8H2,1-2H3. The summed E-state index contributed by atoms with van der Waals surface area (Å²) in [6, 6.07) is -2.05. The summed E-state index contributed by atoms with van der Waals surface area (Å²) < 4.78 is 117. The number of alkyl halides is 8. The number of hydrogen-bond donors (Lipinski definition) is 0. The molecule has 0 heterocycles. The van der Waals surface area contributed by atoms with Gasteiger partial charge in [0, 0.05) is 6.42 Å². The van der Waals surface area contributed by atoms with Gasteiger partial charge in [-0.2, -0.15) is 35.1 Å². The van der Waals surface area contributed by atoms with Gasteiger partial charge in [-0.15, -0.1) is 0 Å². The number of hydrogen-bond acceptors (Lipinski definition) is 1. The van der Waals surface area contributed by atoms with Crippen LogP contribution in [0.1, 0.15) is 39.0 Å².